The lowest BCUT2D eigenvalue weighted by molar-refractivity contribution is 0.101. The maximum atomic E-state index is 13.1. The van der Waals surface area contributed by atoms with Crippen LogP contribution in [0.5, 0.6) is 5.75 Å². The van der Waals surface area contributed by atoms with Crippen molar-refractivity contribution in [2.45, 2.75) is 66.7 Å². The molecule has 190 valence electrons. The normalized spacial score (nSPS) is 10.8. The number of ketones is 1. The number of phenolic OH excluding ortho intramolecular Hbond substituents is 1. The van der Waals surface area contributed by atoms with Crippen LogP contribution in [0.4, 0.5) is 11.4 Å². The van der Waals surface area contributed by atoms with Gasteiger partial charge in [-0.1, -0.05) is 52.0 Å². The summed E-state index contributed by atoms with van der Waals surface area (Å²) in [5, 5.41) is 16.4. The smallest absolute Gasteiger partial charge is 0.255 e. The van der Waals surface area contributed by atoms with Crippen molar-refractivity contribution in [2.75, 3.05) is 17.7 Å². The number of aryl methyl sites for hydroxylation is 4. The molecule has 0 unspecified atom stereocenters. The molecule has 0 fully saturated rings. The third kappa shape index (κ3) is 5.96. The molecule has 3 aromatic rings. The fourth-order valence-electron chi connectivity index (χ4n) is 4.85. The van der Waals surface area contributed by atoms with Gasteiger partial charge in [-0.2, -0.15) is 0 Å². The summed E-state index contributed by atoms with van der Waals surface area (Å²) in [7, 11) is 1.99. The Morgan fingerprint density at radius 3 is 1.56 bits per heavy atom. The number of nitrogens with one attached hydrogen (secondary N) is 2. The molecule has 0 aromatic heterocycles. The highest BCUT2D eigenvalue weighted by Gasteiger charge is 2.16. The Kier molecular flexibility index (Phi) is 8.92. The molecule has 0 aliphatic rings. The van der Waals surface area contributed by atoms with Gasteiger partial charge in [-0.05, 0) is 90.6 Å². The lowest BCUT2D eigenvalue weighted by Crippen LogP contribution is -2.16. The molecular weight excluding hydrogens is 448 g/mol. The predicted octanol–water partition coefficient (Wildman–Crippen LogP) is 6.73. The Bertz CT molecular complexity index is 1230. The largest absolute Gasteiger partial charge is 0.508 e. The standard InChI is InChI=1S/C31H38N2O3/c1-7-22-12-20(13-23(8-2)29(22)32-6)11-21-14-24(9-3)30(25(10-4)15-21)33-31(36)27-16-26(19(5)34)17-28(35)18-27/h12-18,32,35H,7-11H2,1-6H3,(H,33,36). The van der Waals surface area contributed by atoms with Crippen molar-refractivity contribution in [1.82, 2.24) is 0 Å². The maximum absolute atomic E-state index is 13.1. The van der Waals surface area contributed by atoms with Gasteiger partial charge in [0, 0.05) is 29.5 Å². The first-order valence-corrected chi connectivity index (χ1v) is 12.9. The second-order valence-electron chi connectivity index (χ2n) is 9.20. The zero-order chi connectivity index (χ0) is 26.4. The molecule has 0 saturated carbocycles. The quantitative estimate of drug-likeness (QED) is 0.278. The van der Waals surface area contributed by atoms with Gasteiger partial charge in [-0.3, -0.25) is 9.59 Å². The first kappa shape index (κ1) is 27.0. The van der Waals surface area contributed by atoms with Gasteiger partial charge in [0.2, 0.25) is 0 Å². The number of carbonyl (C=O) groups excluding carboxylic acids is 2. The number of phenols is 1. The van der Waals surface area contributed by atoms with Crippen molar-refractivity contribution >= 4 is 23.1 Å². The molecule has 0 radical (unpaired) electrons. The SMILES string of the molecule is CCc1cc(Cc2cc(CC)c(NC(=O)c3cc(O)cc(C(C)=O)c3)c(CC)c2)cc(CC)c1NC. The van der Waals surface area contributed by atoms with Gasteiger partial charge < -0.3 is 15.7 Å². The molecule has 5 heteroatoms. The summed E-state index contributed by atoms with van der Waals surface area (Å²) in [5.41, 5.74) is 9.95. The van der Waals surface area contributed by atoms with E-state index in [0.717, 1.165) is 48.9 Å². The minimum Gasteiger partial charge on any atom is -0.508 e. The summed E-state index contributed by atoms with van der Waals surface area (Å²) >= 11 is 0. The third-order valence-electron chi connectivity index (χ3n) is 6.73. The Morgan fingerprint density at radius 1 is 0.694 bits per heavy atom. The second kappa shape index (κ2) is 11.9. The van der Waals surface area contributed by atoms with Crippen molar-refractivity contribution < 1.29 is 14.7 Å². The topological polar surface area (TPSA) is 78.4 Å². The van der Waals surface area contributed by atoms with Gasteiger partial charge in [0.05, 0.1) is 0 Å². The van der Waals surface area contributed by atoms with Crippen molar-refractivity contribution in [1.29, 1.82) is 0 Å². The highest BCUT2D eigenvalue weighted by Crippen LogP contribution is 2.30. The van der Waals surface area contributed by atoms with Crippen LogP contribution in [0.1, 0.15) is 88.7 Å². The summed E-state index contributed by atoms with van der Waals surface area (Å²) < 4.78 is 0. The molecule has 0 bridgehead atoms. The average Bonchev–Trinajstić information content (AvgIpc) is 2.87. The first-order valence-electron chi connectivity index (χ1n) is 12.9. The van der Waals surface area contributed by atoms with Crippen LogP contribution in [0.2, 0.25) is 0 Å². The van der Waals surface area contributed by atoms with E-state index in [1.54, 1.807) is 0 Å². The number of rotatable bonds is 10. The second-order valence-corrected chi connectivity index (χ2v) is 9.20. The average molecular weight is 487 g/mol. The molecule has 0 saturated heterocycles. The Morgan fingerprint density at radius 2 is 1.14 bits per heavy atom. The fourth-order valence-corrected chi connectivity index (χ4v) is 4.85. The van der Waals surface area contributed by atoms with Crippen LogP contribution in [0.25, 0.3) is 0 Å². The van der Waals surface area contributed by atoms with Gasteiger partial charge in [0.1, 0.15) is 5.75 Å². The van der Waals surface area contributed by atoms with E-state index in [1.807, 2.05) is 7.05 Å². The third-order valence-corrected chi connectivity index (χ3v) is 6.73. The molecule has 0 heterocycles. The molecule has 36 heavy (non-hydrogen) atoms. The van der Waals surface area contributed by atoms with Gasteiger partial charge in [-0.15, -0.1) is 0 Å². The minimum atomic E-state index is -0.339. The Hall–Kier alpha value is -3.60. The molecule has 0 aliphatic heterocycles. The summed E-state index contributed by atoms with van der Waals surface area (Å²) in [4.78, 5) is 24.9. The van der Waals surface area contributed by atoms with Crippen molar-refractivity contribution in [3.05, 3.63) is 87.0 Å². The van der Waals surface area contributed by atoms with E-state index in [0.29, 0.717) is 5.56 Å². The fraction of sp³-hybridized carbons (Fsp3) is 0.355. The van der Waals surface area contributed by atoms with E-state index < -0.39 is 0 Å². The van der Waals surface area contributed by atoms with E-state index in [9.17, 15) is 14.7 Å². The number of amides is 1. The zero-order valence-corrected chi connectivity index (χ0v) is 22.3. The highest BCUT2D eigenvalue weighted by atomic mass is 16.3. The van der Waals surface area contributed by atoms with Crippen LogP contribution >= 0.6 is 0 Å². The van der Waals surface area contributed by atoms with Crippen LogP contribution in [0.15, 0.2) is 42.5 Å². The molecule has 1 amide bonds. The number of benzene rings is 3. The molecule has 3 rings (SSSR count). The minimum absolute atomic E-state index is 0.100. The number of anilines is 2. The van der Waals surface area contributed by atoms with Gasteiger partial charge >= 0.3 is 0 Å². The maximum Gasteiger partial charge on any atom is 0.255 e. The number of aromatic hydroxyl groups is 1. The number of hydrogen-bond acceptors (Lipinski definition) is 4. The molecule has 0 aliphatic carbocycles. The van der Waals surface area contributed by atoms with Crippen LogP contribution in [-0.4, -0.2) is 23.8 Å². The molecule has 0 spiro atoms. The number of Topliss-reactive ketones (excluding diaryl/α,β-unsaturated/α-hetero) is 1. The van der Waals surface area contributed by atoms with Gasteiger partial charge in [0.15, 0.2) is 5.78 Å². The molecule has 3 aromatic carbocycles. The van der Waals surface area contributed by atoms with E-state index >= 15 is 0 Å². The molecule has 5 nitrogen and oxygen atoms in total. The van der Waals surface area contributed by atoms with E-state index in [4.69, 9.17) is 0 Å². The summed E-state index contributed by atoms with van der Waals surface area (Å²) in [6.45, 7) is 9.96. The molecule has 3 N–H and O–H groups in total. The lowest BCUT2D eigenvalue weighted by Gasteiger charge is -2.19. The number of carbonyl (C=O) groups is 2. The molecule has 0 atom stereocenters. The van der Waals surface area contributed by atoms with Crippen LogP contribution in [0, 0.1) is 0 Å². The van der Waals surface area contributed by atoms with Crippen molar-refractivity contribution in [3.8, 4) is 5.75 Å². The Balaban J connectivity index is 1.97. The summed E-state index contributed by atoms with van der Waals surface area (Å²) in [6, 6.07) is 13.2. The predicted molar refractivity (Wildman–Crippen MR) is 149 cm³/mol. The van der Waals surface area contributed by atoms with Crippen molar-refractivity contribution in [2.24, 2.45) is 0 Å². The number of hydrogen-bond donors (Lipinski definition) is 3. The monoisotopic (exact) mass is 486 g/mol. The first-order chi connectivity index (χ1) is 17.2. The van der Waals surface area contributed by atoms with E-state index in [1.165, 1.54) is 53.1 Å². The lowest BCUT2D eigenvalue weighted by atomic mass is 9.92. The van der Waals surface area contributed by atoms with E-state index in [-0.39, 0.29) is 23.0 Å². The molecular formula is C31H38N2O3. The van der Waals surface area contributed by atoms with Crippen molar-refractivity contribution in [3.63, 3.8) is 0 Å². The Labute approximate surface area is 215 Å². The highest BCUT2D eigenvalue weighted by molar-refractivity contribution is 6.07. The summed E-state index contributed by atoms with van der Waals surface area (Å²) in [6.07, 6.45) is 4.32. The van der Waals surface area contributed by atoms with Gasteiger partial charge in [-0.25, -0.2) is 0 Å². The van der Waals surface area contributed by atoms with Crippen LogP contribution < -0.4 is 10.6 Å². The van der Waals surface area contributed by atoms with Crippen LogP contribution in [0.3, 0.4) is 0 Å². The van der Waals surface area contributed by atoms with Crippen LogP contribution in [-0.2, 0) is 32.1 Å². The van der Waals surface area contributed by atoms with Gasteiger partial charge in [0.25, 0.3) is 5.91 Å². The zero-order valence-electron chi connectivity index (χ0n) is 22.3. The van der Waals surface area contributed by atoms with E-state index in [2.05, 4.69) is 62.6 Å². The summed E-state index contributed by atoms with van der Waals surface area (Å²) in [5.74, 6) is -0.641.